The standard InChI is InChI=1S/C12H20O3/c1-6-8-10(7-2)14-9-11(13)15-12(3,4)5/h1,10H,7-9H2,2-5H3/t10-/m0/s1. The van der Waals surface area contributed by atoms with Crippen LogP contribution in [0.15, 0.2) is 0 Å². The summed E-state index contributed by atoms with van der Waals surface area (Å²) in [6.07, 6.45) is 6.44. The van der Waals surface area contributed by atoms with Gasteiger partial charge >= 0.3 is 5.97 Å². The fraction of sp³-hybridized carbons (Fsp3) is 0.750. The Bertz CT molecular complexity index is 232. The Morgan fingerprint density at radius 2 is 2.07 bits per heavy atom. The van der Waals surface area contributed by atoms with Crippen molar-refractivity contribution in [1.29, 1.82) is 0 Å². The van der Waals surface area contributed by atoms with Crippen molar-refractivity contribution in [2.75, 3.05) is 6.61 Å². The van der Waals surface area contributed by atoms with Gasteiger partial charge in [0.2, 0.25) is 0 Å². The highest BCUT2D eigenvalue weighted by Crippen LogP contribution is 2.08. The van der Waals surface area contributed by atoms with Gasteiger partial charge in [0.25, 0.3) is 0 Å². The van der Waals surface area contributed by atoms with Gasteiger partial charge in [-0.3, -0.25) is 0 Å². The molecule has 0 N–H and O–H groups in total. The SMILES string of the molecule is C#CC[C@H](CC)OCC(=O)OC(C)(C)C. The number of hydrogen-bond acceptors (Lipinski definition) is 3. The van der Waals surface area contributed by atoms with Gasteiger partial charge in [0, 0.05) is 6.42 Å². The molecule has 0 bridgehead atoms. The van der Waals surface area contributed by atoms with E-state index in [1.165, 1.54) is 0 Å². The van der Waals surface area contributed by atoms with Crippen LogP contribution in [0.2, 0.25) is 0 Å². The Morgan fingerprint density at radius 3 is 2.47 bits per heavy atom. The fourth-order valence-electron chi connectivity index (χ4n) is 1.01. The van der Waals surface area contributed by atoms with Gasteiger partial charge in [-0.2, -0.15) is 0 Å². The topological polar surface area (TPSA) is 35.5 Å². The van der Waals surface area contributed by atoms with Gasteiger partial charge in [0.1, 0.15) is 12.2 Å². The Labute approximate surface area is 92.1 Å². The van der Waals surface area contributed by atoms with Crippen LogP contribution in [0.25, 0.3) is 0 Å². The van der Waals surface area contributed by atoms with Crippen molar-refractivity contribution in [1.82, 2.24) is 0 Å². The lowest BCUT2D eigenvalue weighted by Gasteiger charge is -2.20. The minimum Gasteiger partial charge on any atom is -0.458 e. The molecule has 15 heavy (non-hydrogen) atoms. The predicted octanol–water partition coefficient (Wildman–Crippen LogP) is 2.15. The van der Waals surface area contributed by atoms with Gasteiger partial charge in [-0.05, 0) is 27.2 Å². The zero-order valence-electron chi connectivity index (χ0n) is 10.0. The third-order valence-corrected chi connectivity index (χ3v) is 1.66. The molecule has 0 fully saturated rings. The van der Waals surface area contributed by atoms with Crippen molar-refractivity contribution in [2.24, 2.45) is 0 Å². The molecule has 0 saturated heterocycles. The van der Waals surface area contributed by atoms with Crippen molar-refractivity contribution in [3.63, 3.8) is 0 Å². The smallest absolute Gasteiger partial charge is 0.332 e. The predicted molar refractivity (Wildman–Crippen MR) is 59.3 cm³/mol. The molecule has 0 aliphatic carbocycles. The molecule has 1 atom stereocenters. The summed E-state index contributed by atoms with van der Waals surface area (Å²) < 4.78 is 10.4. The molecule has 3 heteroatoms. The number of hydrogen-bond donors (Lipinski definition) is 0. The average Bonchev–Trinajstić information content (AvgIpc) is 2.09. The molecule has 0 aromatic heterocycles. The summed E-state index contributed by atoms with van der Waals surface area (Å²) in [6, 6.07) is 0. The average molecular weight is 212 g/mol. The van der Waals surface area contributed by atoms with Gasteiger partial charge < -0.3 is 9.47 Å². The minimum atomic E-state index is -0.464. The van der Waals surface area contributed by atoms with Gasteiger partial charge in [0.15, 0.2) is 0 Å². The van der Waals surface area contributed by atoms with Crippen LogP contribution in [0.4, 0.5) is 0 Å². The lowest BCUT2D eigenvalue weighted by molar-refractivity contribution is -0.162. The molecule has 0 aliphatic heterocycles. The van der Waals surface area contributed by atoms with Crippen LogP contribution in [-0.4, -0.2) is 24.3 Å². The van der Waals surface area contributed by atoms with E-state index in [-0.39, 0.29) is 18.7 Å². The lowest BCUT2D eigenvalue weighted by atomic mass is 10.2. The highest BCUT2D eigenvalue weighted by atomic mass is 16.6. The van der Waals surface area contributed by atoms with E-state index in [0.29, 0.717) is 6.42 Å². The summed E-state index contributed by atoms with van der Waals surface area (Å²) >= 11 is 0. The van der Waals surface area contributed by atoms with Crippen molar-refractivity contribution < 1.29 is 14.3 Å². The van der Waals surface area contributed by atoms with Crippen LogP contribution in [0.5, 0.6) is 0 Å². The minimum absolute atomic E-state index is 0.0303. The Hall–Kier alpha value is -1.01. The molecule has 0 saturated carbocycles. The van der Waals surface area contributed by atoms with Crippen LogP contribution in [0.3, 0.4) is 0 Å². The van der Waals surface area contributed by atoms with E-state index >= 15 is 0 Å². The van der Waals surface area contributed by atoms with E-state index in [9.17, 15) is 4.79 Å². The van der Waals surface area contributed by atoms with Crippen molar-refractivity contribution in [2.45, 2.75) is 52.2 Å². The summed E-state index contributed by atoms with van der Waals surface area (Å²) in [4.78, 5) is 11.3. The second-order valence-electron chi connectivity index (χ2n) is 4.34. The van der Waals surface area contributed by atoms with Crippen LogP contribution < -0.4 is 0 Å². The third kappa shape index (κ3) is 8.02. The molecule has 0 rings (SSSR count). The number of terminal acetylenes is 1. The molecule has 3 nitrogen and oxygen atoms in total. The number of carbonyl (C=O) groups excluding carboxylic acids is 1. The molecule has 0 radical (unpaired) electrons. The van der Waals surface area contributed by atoms with Gasteiger partial charge in [-0.1, -0.05) is 6.92 Å². The van der Waals surface area contributed by atoms with Crippen LogP contribution >= 0.6 is 0 Å². The first-order valence-corrected chi connectivity index (χ1v) is 5.16. The lowest BCUT2D eigenvalue weighted by Crippen LogP contribution is -2.28. The highest BCUT2D eigenvalue weighted by molar-refractivity contribution is 5.71. The summed E-state index contributed by atoms with van der Waals surface area (Å²) in [7, 11) is 0. The van der Waals surface area contributed by atoms with Gasteiger partial charge in [-0.25, -0.2) is 4.79 Å². The molecule has 0 aromatic carbocycles. The summed E-state index contributed by atoms with van der Waals surface area (Å²) in [5.41, 5.74) is -0.464. The highest BCUT2D eigenvalue weighted by Gasteiger charge is 2.17. The van der Waals surface area contributed by atoms with Crippen molar-refractivity contribution >= 4 is 5.97 Å². The number of ether oxygens (including phenoxy) is 2. The molecular weight excluding hydrogens is 192 g/mol. The van der Waals surface area contributed by atoms with Crippen LogP contribution in [-0.2, 0) is 14.3 Å². The van der Waals surface area contributed by atoms with E-state index in [2.05, 4.69) is 5.92 Å². The zero-order chi connectivity index (χ0) is 11.9. The molecule has 0 aromatic rings. The first kappa shape index (κ1) is 14.0. The maximum Gasteiger partial charge on any atom is 0.332 e. The van der Waals surface area contributed by atoms with E-state index < -0.39 is 5.60 Å². The second-order valence-corrected chi connectivity index (χ2v) is 4.34. The maximum absolute atomic E-state index is 11.3. The fourth-order valence-corrected chi connectivity index (χ4v) is 1.01. The molecule has 0 unspecified atom stereocenters. The summed E-state index contributed by atoms with van der Waals surface area (Å²) in [5.74, 6) is 2.16. The van der Waals surface area contributed by atoms with Crippen LogP contribution in [0, 0.1) is 12.3 Å². The molecule has 0 aliphatic rings. The summed E-state index contributed by atoms with van der Waals surface area (Å²) in [6.45, 7) is 7.41. The largest absolute Gasteiger partial charge is 0.458 e. The Morgan fingerprint density at radius 1 is 1.47 bits per heavy atom. The second kappa shape index (κ2) is 6.47. The quantitative estimate of drug-likeness (QED) is 0.517. The Balaban J connectivity index is 3.84. The monoisotopic (exact) mass is 212 g/mol. The summed E-state index contributed by atoms with van der Waals surface area (Å²) in [5, 5.41) is 0. The zero-order valence-corrected chi connectivity index (χ0v) is 10.0. The van der Waals surface area contributed by atoms with Gasteiger partial charge in [-0.15, -0.1) is 12.3 Å². The van der Waals surface area contributed by atoms with E-state index in [1.54, 1.807) is 0 Å². The van der Waals surface area contributed by atoms with E-state index in [1.807, 2.05) is 27.7 Å². The molecular formula is C12H20O3. The Kier molecular flexibility index (Phi) is 6.03. The molecule has 0 amide bonds. The molecule has 0 heterocycles. The normalized spacial score (nSPS) is 13.0. The number of rotatable bonds is 5. The van der Waals surface area contributed by atoms with E-state index in [4.69, 9.17) is 15.9 Å². The molecule has 0 spiro atoms. The first-order valence-electron chi connectivity index (χ1n) is 5.16. The number of esters is 1. The van der Waals surface area contributed by atoms with E-state index in [0.717, 1.165) is 6.42 Å². The molecule has 86 valence electrons. The maximum atomic E-state index is 11.3. The third-order valence-electron chi connectivity index (χ3n) is 1.66. The number of carbonyl (C=O) groups is 1. The van der Waals surface area contributed by atoms with Crippen molar-refractivity contribution in [3.05, 3.63) is 0 Å². The van der Waals surface area contributed by atoms with Crippen molar-refractivity contribution in [3.8, 4) is 12.3 Å². The first-order chi connectivity index (χ1) is 6.89. The van der Waals surface area contributed by atoms with Crippen LogP contribution in [0.1, 0.15) is 40.5 Å². The van der Waals surface area contributed by atoms with Gasteiger partial charge in [0.05, 0.1) is 6.10 Å².